The molecule has 1 aromatic heterocycles. The molecule has 3 aromatic carbocycles. The molecule has 0 aliphatic rings. The van der Waals surface area contributed by atoms with Crippen molar-refractivity contribution < 1.29 is 13.9 Å². The molecule has 2 N–H and O–H groups in total. The number of nitrogens with two attached hydrogens (primary N) is 1. The molecular formula is C25H19Cl2FN2O2. The maximum atomic E-state index is 15.3. The summed E-state index contributed by atoms with van der Waals surface area (Å²) in [4.78, 5) is 13.0. The number of anilines is 1. The predicted octanol–water partition coefficient (Wildman–Crippen LogP) is 7.02. The van der Waals surface area contributed by atoms with E-state index >= 15 is 4.39 Å². The highest BCUT2D eigenvalue weighted by Crippen LogP contribution is 2.39. The molecule has 4 nitrogen and oxygen atoms in total. The number of esters is 1. The molecule has 1 heterocycles. The molecular weight excluding hydrogens is 450 g/mol. The number of hydrogen-bond acceptors (Lipinski definition) is 3. The molecule has 0 spiro atoms. The summed E-state index contributed by atoms with van der Waals surface area (Å²) >= 11 is 12.4. The Balaban J connectivity index is 2.14. The van der Waals surface area contributed by atoms with Crippen LogP contribution in [0.2, 0.25) is 10.0 Å². The zero-order valence-corrected chi connectivity index (χ0v) is 18.6. The molecule has 162 valence electrons. The van der Waals surface area contributed by atoms with E-state index in [0.29, 0.717) is 33.2 Å². The summed E-state index contributed by atoms with van der Waals surface area (Å²) in [6.45, 7) is 1.92. The second-order valence-electron chi connectivity index (χ2n) is 7.06. The lowest BCUT2D eigenvalue weighted by atomic mass is 10.1. The summed E-state index contributed by atoms with van der Waals surface area (Å²) < 4.78 is 22.2. The number of hydrogen-bond donors (Lipinski definition) is 1. The molecule has 0 radical (unpaired) electrons. The topological polar surface area (TPSA) is 57.2 Å². The van der Waals surface area contributed by atoms with Crippen LogP contribution in [0.1, 0.15) is 17.3 Å². The number of halogens is 3. The van der Waals surface area contributed by atoms with Gasteiger partial charge in [-0.25, -0.2) is 9.18 Å². The van der Waals surface area contributed by atoms with E-state index < -0.39 is 11.8 Å². The molecule has 0 saturated carbocycles. The molecule has 0 aliphatic carbocycles. The van der Waals surface area contributed by atoms with Gasteiger partial charge in [-0.1, -0.05) is 53.5 Å². The normalized spacial score (nSPS) is 10.9. The molecule has 0 unspecified atom stereocenters. The van der Waals surface area contributed by atoms with Gasteiger partial charge in [0.15, 0.2) is 5.82 Å². The lowest BCUT2D eigenvalue weighted by Crippen LogP contribution is -2.08. The summed E-state index contributed by atoms with van der Waals surface area (Å²) in [7, 11) is 0. The number of carbonyl (C=O) groups excluding carboxylic acids is 1. The summed E-state index contributed by atoms with van der Waals surface area (Å²) in [5.74, 6) is -1.15. The van der Waals surface area contributed by atoms with Gasteiger partial charge in [0.25, 0.3) is 0 Å². The van der Waals surface area contributed by atoms with Crippen molar-refractivity contribution >= 4 is 34.9 Å². The minimum Gasteiger partial charge on any atom is -0.462 e. The minimum absolute atomic E-state index is 0.0375. The van der Waals surface area contributed by atoms with Gasteiger partial charge in [-0.3, -0.25) is 0 Å². The van der Waals surface area contributed by atoms with Crippen LogP contribution in [-0.4, -0.2) is 17.1 Å². The Morgan fingerprint density at radius 2 is 1.72 bits per heavy atom. The third-order valence-electron chi connectivity index (χ3n) is 4.95. The molecule has 7 heteroatoms. The van der Waals surface area contributed by atoms with E-state index in [1.165, 1.54) is 6.07 Å². The highest BCUT2D eigenvalue weighted by Gasteiger charge is 2.26. The standard InChI is InChI=1S/C25H19Cl2FN2O2/c1-2-32-25(31)19-14-22(15-6-4-9-18(29)13-15)30(21-11-5-10-20(27)23(21)28)24(19)16-7-3-8-17(26)12-16/h3-14H,2,29H2,1H3. The van der Waals surface area contributed by atoms with Crippen molar-refractivity contribution in [2.45, 2.75) is 6.92 Å². The maximum Gasteiger partial charge on any atom is 0.340 e. The maximum absolute atomic E-state index is 15.3. The first-order valence-corrected chi connectivity index (χ1v) is 10.7. The molecule has 0 fully saturated rings. The fraction of sp³-hybridized carbons (Fsp3) is 0.0800. The number of carbonyl (C=O) groups is 1. The van der Waals surface area contributed by atoms with Gasteiger partial charge in [0.1, 0.15) is 0 Å². The molecule has 4 rings (SSSR count). The molecule has 0 amide bonds. The quantitative estimate of drug-likeness (QED) is 0.253. The van der Waals surface area contributed by atoms with Crippen molar-refractivity contribution in [2.75, 3.05) is 12.3 Å². The first kappa shape index (κ1) is 21.9. The Hall–Kier alpha value is -3.28. The summed E-state index contributed by atoms with van der Waals surface area (Å²) in [5.41, 5.74) is 9.30. The highest BCUT2D eigenvalue weighted by atomic mass is 35.5. The van der Waals surface area contributed by atoms with Gasteiger partial charge in [0.05, 0.1) is 34.3 Å². The van der Waals surface area contributed by atoms with Gasteiger partial charge in [-0.05, 0) is 49.4 Å². The minimum atomic E-state index is -0.617. The summed E-state index contributed by atoms with van der Waals surface area (Å²) in [5, 5.41) is 0.437. The van der Waals surface area contributed by atoms with Crippen molar-refractivity contribution in [1.82, 2.24) is 4.57 Å². The van der Waals surface area contributed by atoms with Crippen molar-refractivity contribution in [2.24, 2.45) is 0 Å². The largest absolute Gasteiger partial charge is 0.462 e. The van der Waals surface area contributed by atoms with E-state index in [0.717, 1.165) is 0 Å². The molecule has 0 bridgehead atoms. The van der Waals surface area contributed by atoms with Gasteiger partial charge in [-0.2, -0.15) is 0 Å². The van der Waals surface area contributed by atoms with Gasteiger partial charge in [0, 0.05) is 21.8 Å². The van der Waals surface area contributed by atoms with Gasteiger partial charge >= 0.3 is 5.97 Å². The van der Waals surface area contributed by atoms with Crippen LogP contribution in [0.5, 0.6) is 0 Å². The van der Waals surface area contributed by atoms with E-state index in [-0.39, 0.29) is 22.9 Å². The second-order valence-corrected chi connectivity index (χ2v) is 7.90. The van der Waals surface area contributed by atoms with Gasteiger partial charge in [0.2, 0.25) is 0 Å². The van der Waals surface area contributed by atoms with E-state index in [1.807, 2.05) is 6.07 Å². The first-order chi connectivity index (χ1) is 15.4. The molecule has 4 aromatic rings. The van der Waals surface area contributed by atoms with Crippen molar-refractivity contribution in [3.05, 3.63) is 94.2 Å². The van der Waals surface area contributed by atoms with Crippen molar-refractivity contribution in [1.29, 1.82) is 0 Å². The fourth-order valence-electron chi connectivity index (χ4n) is 3.62. The van der Waals surface area contributed by atoms with E-state index in [2.05, 4.69) is 0 Å². The smallest absolute Gasteiger partial charge is 0.340 e. The van der Waals surface area contributed by atoms with Crippen LogP contribution in [0.25, 0.3) is 28.2 Å². The number of nitrogen functional groups attached to an aromatic ring is 1. The lowest BCUT2D eigenvalue weighted by molar-refractivity contribution is 0.0527. The average Bonchev–Trinajstić information content (AvgIpc) is 3.16. The van der Waals surface area contributed by atoms with Crippen LogP contribution in [0, 0.1) is 5.82 Å². The Morgan fingerprint density at radius 1 is 1.00 bits per heavy atom. The zero-order chi connectivity index (χ0) is 22.8. The number of nitrogens with zero attached hydrogens (tertiary/aromatic N) is 1. The summed E-state index contributed by atoms with van der Waals surface area (Å²) in [6, 6.07) is 20.5. The van der Waals surface area contributed by atoms with Gasteiger partial charge in [-0.15, -0.1) is 0 Å². The zero-order valence-electron chi connectivity index (χ0n) is 17.1. The van der Waals surface area contributed by atoms with E-state index in [9.17, 15) is 4.79 Å². The Morgan fingerprint density at radius 3 is 2.44 bits per heavy atom. The third-order valence-corrected chi connectivity index (χ3v) is 5.48. The Kier molecular flexibility index (Phi) is 6.21. The molecule has 0 atom stereocenters. The van der Waals surface area contributed by atoms with E-state index in [4.69, 9.17) is 33.7 Å². The first-order valence-electron chi connectivity index (χ1n) is 9.89. The van der Waals surface area contributed by atoms with Crippen LogP contribution in [-0.2, 0) is 4.74 Å². The predicted molar refractivity (Wildman–Crippen MR) is 127 cm³/mol. The Labute approximate surface area is 195 Å². The van der Waals surface area contributed by atoms with Crippen LogP contribution in [0.3, 0.4) is 0 Å². The number of benzene rings is 3. The second kappa shape index (κ2) is 9.07. The van der Waals surface area contributed by atoms with Crippen LogP contribution < -0.4 is 5.73 Å². The monoisotopic (exact) mass is 468 g/mol. The van der Waals surface area contributed by atoms with Crippen LogP contribution >= 0.6 is 23.2 Å². The third kappa shape index (κ3) is 4.09. The molecule has 32 heavy (non-hydrogen) atoms. The number of aromatic nitrogens is 1. The number of ether oxygens (including phenoxy) is 1. The van der Waals surface area contributed by atoms with Crippen LogP contribution in [0.4, 0.5) is 10.1 Å². The van der Waals surface area contributed by atoms with Crippen LogP contribution in [0.15, 0.2) is 72.8 Å². The highest BCUT2D eigenvalue weighted by molar-refractivity contribution is 6.31. The van der Waals surface area contributed by atoms with Gasteiger partial charge < -0.3 is 15.0 Å². The van der Waals surface area contributed by atoms with E-state index in [1.54, 1.807) is 72.2 Å². The number of rotatable bonds is 5. The summed E-state index contributed by atoms with van der Waals surface area (Å²) in [6.07, 6.45) is 0. The van der Waals surface area contributed by atoms with Crippen molar-refractivity contribution in [3.8, 4) is 28.2 Å². The molecule has 0 saturated heterocycles. The molecule has 0 aliphatic heterocycles. The SMILES string of the molecule is CCOC(=O)c1cc(-c2cccc(N)c2)n(-c2cccc(Cl)c2F)c1-c1cccc(Cl)c1. The Bertz CT molecular complexity index is 1320. The average molecular weight is 469 g/mol. The lowest BCUT2D eigenvalue weighted by Gasteiger charge is -2.17. The fourth-order valence-corrected chi connectivity index (χ4v) is 3.98. The van der Waals surface area contributed by atoms with Crippen molar-refractivity contribution in [3.63, 3.8) is 0 Å².